The summed E-state index contributed by atoms with van der Waals surface area (Å²) >= 11 is 0. The lowest BCUT2D eigenvalue weighted by Crippen LogP contribution is -2.25. The van der Waals surface area contributed by atoms with Crippen LogP contribution < -0.4 is 5.32 Å². The van der Waals surface area contributed by atoms with E-state index >= 15 is 0 Å². The maximum atomic E-state index is 11.1. The van der Waals surface area contributed by atoms with Gasteiger partial charge in [-0.25, -0.2) is 4.98 Å². The molecule has 1 saturated carbocycles. The normalized spacial score (nSPS) is 23.9. The van der Waals surface area contributed by atoms with Crippen molar-refractivity contribution < 1.29 is 15.0 Å². The summed E-state index contributed by atoms with van der Waals surface area (Å²) in [6, 6.07) is 5.53. The Morgan fingerprint density at radius 2 is 2.13 bits per heavy atom. The largest absolute Gasteiger partial charge is 0.481 e. The minimum absolute atomic E-state index is 0.194. The molecule has 23 heavy (non-hydrogen) atoms. The molecule has 7 nitrogen and oxygen atoms in total. The Bertz CT molecular complexity index is 743. The number of carboxylic acid groups (broad SMARTS) is 1. The number of aromatic amines is 1. The van der Waals surface area contributed by atoms with E-state index in [0.717, 1.165) is 11.3 Å². The molecule has 2 aromatic rings. The number of pyridine rings is 1. The molecule has 0 saturated heterocycles. The molecule has 1 aliphatic rings. The van der Waals surface area contributed by atoms with Crippen molar-refractivity contribution in [2.75, 3.05) is 5.32 Å². The molecule has 2 atom stereocenters. The second kappa shape index (κ2) is 5.66. The molecule has 4 N–H and O–H groups in total. The third kappa shape index (κ3) is 3.19. The first-order valence-electron chi connectivity index (χ1n) is 7.59. The Labute approximate surface area is 133 Å². The predicted molar refractivity (Wildman–Crippen MR) is 84.5 cm³/mol. The lowest BCUT2D eigenvalue weighted by atomic mass is 9.94. The van der Waals surface area contributed by atoms with Gasteiger partial charge >= 0.3 is 5.97 Å². The van der Waals surface area contributed by atoms with Crippen molar-refractivity contribution in [1.82, 2.24) is 15.2 Å². The van der Waals surface area contributed by atoms with Crippen molar-refractivity contribution in [3.8, 4) is 0 Å². The van der Waals surface area contributed by atoms with Gasteiger partial charge in [0.2, 0.25) is 0 Å². The van der Waals surface area contributed by atoms with E-state index in [1.807, 2.05) is 32.0 Å². The van der Waals surface area contributed by atoms with Crippen LogP contribution in [0.4, 0.5) is 11.6 Å². The SMILES string of the molecule is Cc1cc(Nc2cc(C)[nH]n2)nc([C@]2(O)CC[C@@H](C(=O)O)C2)c1. The minimum Gasteiger partial charge on any atom is -0.481 e. The summed E-state index contributed by atoms with van der Waals surface area (Å²) < 4.78 is 0. The second-order valence-electron chi connectivity index (χ2n) is 6.29. The van der Waals surface area contributed by atoms with Crippen molar-refractivity contribution in [3.05, 3.63) is 35.2 Å². The second-order valence-corrected chi connectivity index (χ2v) is 6.29. The van der Waals surface area contributed by atoms with Crippen molar-refractivity contribution >= 4 is 17.6 Å². The van der Waals surface area contributed by atoms with Gasteiger partial charge in [-0.1, -0.05) is 0 Å². The molecule has 1 fully saturated rings. The summed E-state index contributed by atoms with van der Waals surface area (Å²) in [5.74, 6) is -0.154. The van der Waals surface area contributed by atoms with Gasteiger partial charge < -0.3 is 15.5 Å². The van der Waals surface area contributed by atoms with Gasteiger partial charge in [0, 0.05) is 11.8 Å². The molecular weight excluding hydrogens is 296 g/mol. The lowest BCUT2D eigenvalue weighted by molar-refractivity contribution is -0.142. The number of hydrogen-bond donors (Lipinski definition) is 4. The monoisotopic (exact) mass is 316 g/mol. The number of rotatable bonds is 4. The zero-order chi connectivity index (χ0) is 16.6. The first kappa shape index (κ1) is 15.5. The molecule has 0 bridgehead atoms. The number of aryl methyl sites for hydroxylation is 2. The fourth-order valence-corrected chi connectivity index (χ4v) is 3.05. The molecule has 7 heteroatoms. The molecule has 0 aromatic carbocycles. The summed E-state index contributed by atoms with van der Waals surface area (Å²) in [6.45, 7) is 3.82. The van der Waals surface area contributed by atoms with E-state index in [1.54, 1.807) is 0 Å². The van der Waals surface area contributed by atoms with Crippen molar-refractivity contribution in [3.63, 3.8) is 0 Å². The predicted octanol–water partition coefficient (Wildman–Crippen LogP) is 2.24. The average molecular weight is 316 g/mol. The van der Waals surface area contributed by atoms with E-state index in [9.17, 15) is 9.90 Å². The highest BCUT2D eigenvalue weighted by atomic mass is 16.4. The molecule has 0 amide bonds. The number of anilines is 2. The summed E-state index contributed by atoms with van der Waals surface area (Å²) in [7, 11) is 0. The topological polar surface area (TPSA) is 111 Å². The Balaban J connectivity index is 1.87. The zero-order valence-electron chi connectivity index (χ0n) is 13.1. The molecular formula is C16H20N4O3. The maximum absolute atomic E-state index is 11.1. The Hall–Kier alpha value is -2.41. The first-order chi connectivity index (χ1) is 10.9. The van der Waals surface area contributed by atoms with Gasteiger partial charge in [0.25, 0.3) is 0 Å². The molecule has 1 aliphatic carbocycles. The van der Waals surface area contributed by atoms with Gasteiger partial charge in [-0.2, -0.15) is 5.10 Å². The Morgan fingerprint density at radius 1 is 1.35 bits per heavy atom. The third-order valence-corrected chi connectivity index (χ3v) is 4.25. The van der Waals surface area contributed by atoms with Crippen LogP contribution in [-0.4, -0.2) is 31.4 Å². The number of aromatic nitrogens is 3. The van der Waals surface area contributed by atoms with Gasteiger partial charge in [-0.3, -0.25) is 9.89 Å². The standard InChI is InChI=1S/C16H20N4O3/c1-9-5-12(16(23)4-3-11(8-16)15(21)22)17-13(6-9)18-14-7-10(2)19-20-14/h5-7,11,23H,3-4,8H2,1-2H3,(H,21,22)(H2,17,18,19,20)/t11-,16+/m1/s1. The van der Waals surface area contributed by atoms with E-state index in [1.165, 1.54) is 0 Å². The number of nitrogens with zero attached hydrogens (tertiary/aromatic N) is 2. The van der Waals surface area contributed by atoms with Crippen LogP contribution in [-0.2, 0) is 10.4 Å². The van der Waals surface area contributed by atoms with Crippen LogP contribution in [0.25, 0.3) is 0 Å². The Kier molecular flexibility index (Phi) is 3.81. The van der Waals surface area contributed by atoms with Crippen LogP contribution in [0, 0.1) is 19.8 Å². The van der Waals surface area contributed by atoms with Crippen LogP contribution in [0.1, 0.15) is 36.2 Å². The lowest BCUT2D eigenvalue weighted by Gasteiger charge is -2.23. The highest BCUT2D eigenvalue weighted by Gasteiger charge is 2.43. The van der Waals surface area contributed by atoms with Crippen molar-refractivity contribution in [2.45, 2.75) is 38.7 Å². The number of aliphatic hydroxyl groups is 1. The fourth-order valence-electron chi connectivity index (χ4n) is 3.05. The van der Waals surface area contributed by atoms with E-state index in [4.69, 9.17) is 5.11 Å². The molecule has 2 aromatic heterocycles. The van der Waals surface area contributed by atoms with Gasteiger partial charge in [0.15, 0.2) is 5.82 Å². The quantitative estimate of drug-likeness (QED) is 0.688. The molecule has 0 spiro atoms. The molecule has 3 rings (SSSR count). The van der Waals surface area contributed by atoms with Gasteiger partial charge in [0.1, 0.15) is 11.4 Å². The molecule has 0 aliphatic heterocycles. The third-order valence-electron chi connectivity index (χ3n) is 4.25. The summed E-state index contributed by atoms with van der Waals surface area (Å²) in [4.78, 5) is 15.6. The van der Waals surface area contributed by atoms with Gasteiger partial charge in [-0.05, 0) is 50.8 Å². The van der Waals surface area contributed by atoms with Gasteiger partial charge in [-0.15, -0.1) is 0 Å². The highest BCUT2D eigenvalue weighted by Crippen LogP contribution is 2.42. The first-order valence-corrected chi connectivity index (χ1v) is 7.59. The van der Waals surface area contributed by atoms with Crippen molar-refractivity contribution in [2.24, 2.45) is 5.92 Å². The van der Waals surface area contributed by atoms with Crippen LogP contribution in [0.15, 0.2) is 18.2 Å². The van der Waals surface area contributed by atoms with Crippen LogP contribution in [0.2, 0.25) is 0 Å². The van der Waals surface area contributed by atoms with E-state index in [0.29, 0.717) is 30.2 Å². The number of nitrogens with one attached hydrogen (secondary N) is 2. The molecule has 122 valence electrons. The number of carboxylic acids is 1. The zero-order valence-corrected chi connectivity index (χ0v) is 13.1. The summed E-state index contributed by atoms with van der Waals surface area (Å²) in [5, 5.41) is 30.0. The van der Waals surface area contributed by atoms with Crippen LogP contribution in [0.5, 0.6) is 0 Å². The summed E-state index contributed by atoms with van der Waals surface area (Å²) in [6.07, 6.45) is 1.06. The maximum Gasteiger partial charge on any atom is 0.306 e. The van der Waals surface area contributed by atoms with Crippen LogP contribution in [0.3, 0.4) is 0 Å². The highest BCUT2D eigenvalue weighted by molar-refractivity contribution is 5.70. The minimum atomic E-state index is -1.19. The number of aliphatic carboxylic acids is 1. The van der Waals surface area contributed by atoms with Crippen molar-refractivity contribution in [1.29, 1.82) is 0 Å². The molecule has 0 radical (unpaired) electrons. The van der Waals surface area contributed by atoms with E-state index in [-0.39, 0.29) is 6.42 Å². The number of hydrogen-bond acceptors (Lipinski definition) is 5. The van der Waals surface area contributed by atoms with Gasteiger partial charge in [0.05, 0.1) is 11.6 Å². The molecule has 0 unspecified atom stereocenters. The fraction of sp³-hybridized carbons (Fsp3) is 0.438. The smallest absolute Gasteiger partial charge is 0.306 e. The average Bonchev–Trinajstić information content (AvgIpc) is 3.06. The Morgan fingerprint density at radius 3 is 2.74 bits per heavy atom. The van der Waals surface area contributed by atoms with E-state index in [2.05, 4.69) is 20.5 Å². The van der Waals surface area contributed by atoms with Crippen LogP contribution >= 0.6 is 0 Å². The van der Waals surface area contributed by atoms with E-state index < -0.39 is 17.5 Å². The summed E-state index contributed by atoms with van der Waals surface area (Å²) in [5.41, 5.74) is 1.19. The molecule has 2 heterocycles. The number of H-pyrrole nitrogens is 1. The number of carbonyl (C=O) groups is 1.